The number of nitrogens with one attached hydrogen (secondary N) is 1. The average molecular weight is 325 g/mol. The van der Waals surface area contributed by atoms with Gasteiger partial charge in [-0.05, 0) is 43.3 Å². The van der Waals surface area contributed by atoms with Crippen LogP contribution in [-0.2, 0) is 11.3 Å². The van der Waals surface area contributed by atoms with Crippen molar-refractivity contribution in [2.75, 3.05) is 13.2 Å². The number of furan rings is 1. The van der Waals surface area contributed by atoms with Crippen LogP contribution in [0.5, 0.6) is 11.5 Å². The first-order valence-corrected chi connectivity index (χ1v) is 7.84. The van der Waals surface area contributed by atoms with Crippen LogP contribution in [0.2, 0.25) is 0 Å². The van der Waals surface area contributed by atoms with Gasteiger partial charge in [0.05, 0.1) is 13.2 Å². The Labute approximate surface area is 140 Å². The van der Waals surface area contributed by atoms with E-state index >= 15 is 0 Å². The van der Waals surface area contributed by atoms with Gasteiger partial charge in [0.2, 0.25) is 0 Å². The van der Waals surface area contributed by atoms with Crippen molar-refractivity contribution >= 4 is 16.9 Å². The van der Waals surface area contributed by atoms with E-state index < -0.39 is 0 Å². The molecule has 3 rings (SSSR count). The number of carbonyl (C=O) groups excluding carboxylic acids is 1. The molecule has 5 nitrogen and oxygen atoms in total. The SMILES string of the molecule is CCOc1ccc(OCC(=O)NCc2cc3ccccc3o2)cc1. The van der Waals surface area contributed by atoms with Crippen LogP contribution in [-0.4, -0.2) is 19.1 Å². The number of hydrogen-bond donors (Lipinski definition) is 1. The van der Waals surface area contributed by atoms with Crippen LogP contribution in [0.15, 0.2) is 59.0 Å². The van der Waals surface area contributed by atoms with E-state index in [0.29, 0.717) is 24.7 Å². The fourth-order valence-corrected chi connectivity index (χ4v) is 2.31. The van der Waals surface area contributed by atoms with Crippen molar-refractivity contribution in [1.82, 2.24) is 5.32 Å². The van der Waals surface area contributed by atoms with Crippen molar-refractivity contribution in [3.63, 3.8) is 0 Å². The molecule has 24 heavy (non-hydrogen) atoms. The number of para-hydroxylation sites is 1. The van der Waals surface area contributed by atoms with Gasteiger partial charge in [0.15, 0.2) is 6.61 Å². The third kappa shape index (κ3) is 4.07. The molecule has 0 spiro atoms. The Bertz CT molecular complexity index is 775. The van der Waals surface area contributed by atoms with Crippen LogP contribution in [0.3, 0.4) is 0 Å². The molecule has 1 N–H and O–H groups in total. The normalized spacial score (nSPS) is 10.5. The van der Waals surface area contributed by atoms with Gasteiger partial charge in [0.1, 0.15) is 22.8 Å². The molecular weight excluding hydrogens is 306 g/mol. The van der Waals surface area contributed by atoms with Gasteiger partial charge in [-0.1, -0.05) is 18.2 Å². The fraction of sp³-hybridized carbons (Fsp3) is 0.211. The number of ether oxygens (including phenoxy) is 2. The summed E-state index contributed by atoms with van der Waals surface area (Å²) >= 11 is 0. The molecule has 0 aliphatic heterocycles. The summed E-state index contributed by atoms with van der Waals surface area (Å²) in [6, 6.07) is 16.8. The predicted octanol–water partition coefficient (Wildman–Crippen LogP) is 3.53. The van der Waals surface area contributed by atoms with E-state index in [9.17, 15) is 4.79 Å². The minimum Gasteiger partial charge on any atom is -0.494 e. The molecule has 124 valence electrons. The zero-order chi connectivity index (χ0) is 16.8. The molecule has 5 heteroatoms. The van der Waals surface area contributed by atoms with Crippen molar-refractivity contribution in [2.45, 2.75) is 13.5 Å². The first-order valence-electron chi connectivity index (χ1n) is 7.84. The summed E-state index contributed by atoms with van der Waals surface area (Å²) in [6.07, 6.45) is 0. The van der Waals surface area contributed by atoms with Crippen LogP contribution < -0.4 is 14.8 Å². The van der Waals surface area contributed by atoms with E-state index in [1.165, 1.54) is 0 Å². The van der Waals surface area contributed by atoms with E-state index in [1.807, 2.05) is 49.4 Å². The lowest BCUT2D eigenvalue weighted by molar-refractivity contribution is -0.123. The Morgan fingerprint density at radius 3 is 2.46 bits per heavy atom. The van der Waals surface area contributed by atoms with Crippen LogP contribution in [0.4, 0.5) is 0 Å². The van der Waals surface area contributed by atoms with Gasteiger partial charge in [-0.2, -0.15) is 0 Å². The Balaban J connectivity index is 1.47. The number of amides is 1. The molecule has 0 unspecified atom stereocenters. The topological polar surface area (TPSA) is 60.7 Å². The molecule has 0 atom stereocenters. The molecule has 0 aliphatic rings. The van der Waals surface area contributed by atoms with E-state index in [4.69, 9.17) is 13.9 Å². The summed E-state index contributed by atoms with van der Waals surface area (Å²) in [5.74, 6) is 1.91. The Morgan fingerprint density at radius 1 is 1.04 bits per heavy atom. The largest absolute Gasteiger partial charge is 0.494 e. The highest BCUT2D eigenvalue weighted by atomic mass is 16.5. The van der Waals surface area contributed by atoms with E-state index in [0.717, 1.165) is 16.7 Å². The summed E-state index contributed by atoms with van der Waals surface area (Å²) in [4.78, 5) is 11.9. The minimum absolute atomic E-state index is 0.0474. The van der Waals surface area contributed by atoms with Gasteiger partial charge in [-0.15, -0.1) is 0 Å². The van der Waals surface area contributed by atoms with Gasteiger partial charge in [0.25, 0.3) is 5.91 Å². The molecule has 0 fully saturated rings. The Morgan fingerprint density at radius 2 is 1.75 bits per heavy atom. The lowest BCUT2D eigenvalue weighted by Crippen LogP contribution is -2.28. The molecule has 0 saturated heterocycles. The molecule has 0 saturated carbocycles. The number of fused-ring (bicyclic) bond motifs is 1. The summed E-state index contributed by atoms with van der Waals surface area (Å²) in [6.45, 7) is 2.83. The van der Waals surface area contributed by atoms with Gasteiger partial charge >= 0.3 is 0 Å². The highest BCUT2D eigenvalue weighted by Crippen LogP contribution is 2.19. The molecule has 3 aromatic rings. The van der Waals surface area contributed by atoms with E-state index in [1.54, 1.807) is 12.1 Å². The van der Waals surface area contributed by atoms with Crippen molar-refractivity contribution in [1.29, 1.82) is 0 Å². The Hall–Kier alpha value is -2.95. The van der Waals surface area contributed by atoms with Gasteiger partial charge in [-0.25, -0.2) is 0 Å². The average Bonchev–Trinajstić information content (AvgIpc) is 3.02. The second kappa shape index (κ2) is 7.55. The van der Waals surface area contributed by atoms with Crippen molar-refractivity contribution in [3.05, 3.63) is 60.4 Å². The lowest BCUT2D eigenvalue weighted by atomic mass is 10.2. The third-order valence-corrected chi connectivity index (χ3v) is 3.44. The number of hydrogen-bond acceptors (Lipinski definition) is 4. The maximum absolute atomic E-state index is 11.9. The number of carbonyl (C=O) groups is 1. The van der Waals surface area contributed by atoms with Crippen molar-refractivity contribution < 1.29 is 18.7 Å². The standard InChI is InChI=1S/C19H19NO4/c1-2-22-15-7-9-16(10-8-15)23-13-19(21)20-12-17-11-14-5-3-4-6-18(14)24-17/h3-11H,2,12-13H2,1H3,(H,20,21). The summed E-state index contributed by atoms with van der Waals surface area (Å²) in [5.41, 5.74) is 0.812. The van der Waals surface area contributed by atoms with Gasteiger partial charge in [0, 0.05) is 5.39 Å². The van der Waals surface area contributed by atoms with E-state index in [-0.39, 0.29) is 12.5 Å². The smallest absolute Gasteiger partial charge is 0.258 e. The van der Waals surface area contributed by atoms with Crippen LogP contribution in [0.1, 0.15) is 12.7 Å². The van der Waals surface area contributed by atoms with Crippen molar-refractivity contribution in [3.8, 4) is 11.5 Å². The second-order valence-corrected chi connectivity index (χ2v) is 5.22. The zero-order valence-electron chi connectivity index (χ0n) is 13.5. The van der Waals surface area contributed by atoms with Crippen LogP contribution >= 0.6 is 0 Å². The van der Waals surface area contributed by atoms with Crippen LogP contribution in [0, 0.1) is 0 Å². The maximum Gasteiger partial charge on any atom is 0.258 e. The molecule has 2 aromatic carbocycles. The quantitative estimate of drug-likeness (QED) is 0.722. The predicted molar refractivity (Wildman–Crippen MR) is 91.2 cm³/mol. The number of benzene rings is 2. The monoisotopic (exact) mass is 325 g/mol. The lowest BCUT2D eigenvalue weighted by Gasteiger charge is -2.08. The van der Waals surface area contributed by atoms with E-state index in [2.05, 4.69) is 5.32 Å². The molecule has 0 bridgehead atoms. The maximum atomic E-state index is 11.9. The second-order valence-electron chi connectivity index (χ2n) is 5.22. The molecule has 1 heterocycles. The van der Waals surface area contributed by atoms with Crippen LogP contribution in [0.25, 0.3) is 11.0 Å². The summed E-state index contributed by atoms with van der Waals surface area (Å²) in [5, 5.41) is 3.80. The zero-order valence-corrected chi connectivity index (χ0v) is 13.5. The fourth-order valence-electron chi connectivity index (χ4n) is 2.31. The number of rotatable bonds is 7. The third-order valence-electron chi connectivity index (χ3n) is 3.44. The minimum atomic E-state index is -0.204. The first-order chi connectivity index (χ1) is 11.7. The molecule has 1 aromatic heterocycles. The summed E-state index contributed by atoms with van der Waals surface area (Å²) < 4.78 is 16.5. The van der Waals surface area contributed by atoms with Gasteiger partial charge in [-0.3, -0.25) is 4.79 Å². The summed E-state index contributed by atoms with van der Waals surface area (Å²) in [7, 11) is 0. The molecule has 0 radical (unpaired) electrons. The first kappa shape index (κ1) is 15.9. The highest BCUT2D eigenvalue weighted by Gasteiger charge is 2.06. The Kier molecular flexibility index (Phi) is 5.01. The molecular formula is C19H19NO4. The van der Waals surface area contributed by atoms with Gasteiger partial charge < -0.3 is 19.2 Å². The molecule has 0 aliphatic carbocycles. The highest BCUT2D eigenvalue weighted by molar-refractivity contribution is 5.79. The van der Waals surface area contributed by atoms with Crippen molar-refractivity contribution in [2.24, 2.45) is 0 Å². The molecule has 1 amide bonds.